The van der Waals surface area contributed by atoms with Crippen molar-refractivity contribution in [1.82, 2.24) is 4.90 Å². The zero-order valence-corrected chi connectivity index (χ0v) is 8.16. The molecular weight excluding hydrogens is 182 g/mol. The van der Waals surface area contributed by atoms with E-state index in [4.69, 9.17) is 5.11 Å². The minimum Gasteiger partial charge on any atom is -0.396 e. The summed E-state index contributed by atoms with van der Waals surface area (Å²) in [5.74, 6) is -0.0848. The predicted molar refractivity (Wildman–Crippen MR) is 49.3 cm³/mol. The molecule has 0 radical (unpaired) electrons. The third kappa shape index (κ3) is 1.66. The van der Waals surface area contributed by atoms with Crippen molar-refractivity contribution in [1.29, 1.82) is 0 Å². The molecule has 0 bridgehead atoms. The summed E-state index contributed by atoms with van der Waals surface area (Å²) in [5.41, 5.74) is 0.0599. The topological polar surface area (TPSA) is 57.6 Å². The zero-order valence-electron chi connectivity index (χ0n) is 8.16. The third-order valence-electron chi connectivity index (χ3n) is 3.25. The molecular formula is C10H15NO3. The van der Waals surface area contributed by atoms with Gasteiger partial charge in [-0.3, -0.25) is 14.5 Å². The molecule has 1 aliphatic carbocycles. The van der Waals surface area contributed by atoms with Gasteiger partial charge in [0.25, 0.3) is 0 Å². The van der Waals surface area contributed by atoms with Crippen LogP contribution in [0.25, 0.3) is 0 Å². The van der Waals surface area contributed by atoms with E-state index in [0.29, 0.717) is 25.8 Å². The zero-order chi connectivity index (χ0) is 10.2. The first kappa shape index (κ1) is 9.65. The average Bonchev–Trinajstić information content (AvgIpc) is 2.84. The first-order valence-corrected chi connectivity index (χ1v) is 5.11. The number of imide groups is 1. The standard InChI is InChI=1S/C10H15NO3/c12-6-5-10(3-4-10)7-11-8(13)1-2-9(11)14/h12H,1-7H2. The molecule has 0 atom stereocenters. The number of likely N-dealkylation sites (tertiary alicyclic amines) is 1. The lowest BCUT2D eigenvalue weighted by atomic mass is 10.0. The molecule has 2 aliphatic rings. The van der Waals surface area contributed by atoms with Crippen LogP contribution in [0.5, 0.6) is 0 Å². The third-order valence-corrected chi connectivity index (χ3v) is 3.25. The first-order chi connectivity index (χ1) is 6.67. The van der Waals surface area contributed by atoms with Crippen LogP contribution >= 0.6 is 0 Å². The summed E-state index contributed by atoms with van der Waals surface area (Å²) in [5, 5.41) is 8.86. The molecule has 1 saturated carbocycles. The monoisotopic (exact) mass is 197 g/mol. The van der Waals surface area contributed by atoms with Gasteiger partial charge in [0.15, 0.2) is 0 Å². The Morgan fingerprint density at radius 1 is 1.21 bits per heavy atom. The van der Waals surface area contributed by atoms with Crippen molar-refractivity contribution < 1.29 is 14.7 Å². The molecule has 4 nitrogen and oxygen atoms in total. The lowest BCUT2D eigenvalue weighted by molar-refractivity contribution is -0.139. The molecule has 0 aromatic heterocycles. The number of hydrogen-bond donors (Lipinski definition) is 1. The summed E-state index contributed by atoms with van der Waals surface area (Å²) in [6.07, 6.45) is 3.52. The lowest BCUT2D eigenvalue weighted by Crippen LogP contribution is -2.35. The van der Waals surface area contributed by atoms with E-state index in [1.54, 1.807) is 0 Å². The van der Waals surface area contributed by atoms with Crippen LogP contribution in [0, 0.1) is 5.41 Å². The molecule has 1 N–H and O–H groups in total. The van der Waals surface area contributed by atoms with Crippen LogP contribution in [0.15, 0.2) is 0 Å². The van der Waals surface area contributed by atoms with Crippen molar-refractivity contribution in [2.75, 3.05) is 13.2 Å². The highest BCUT2D eigenvalue weighted by Gasteiger charge is 2.46. The Kier molecular flexibility index (Phi) is 2.31. The van der Waals surface area contributed by atoms with Crippen molar-refractivity contribution in [2.45, 2.75) is 32.1 Å². The Hall–Kier alpha value is -0.900. The molecule has 2 amide bonds. The Morgan fingerprint density at radius 2 is 1.79 bits per heavy atom. The van der Waals surface area contributed by atoms with Gasteiger partial charge in [-0.2, -0.15) is 0 Å². The Labute approximate surface area is 82.9 Å². The highest BCUT2D eigenvalue weighted by atomic mass is 16.3. The smallest absolute Gasteiger partial charge is 0.229 e. The second kappa shape index (κ2) is 3.35. The summed E-state index contributed by atoms with van der Waals surface area (Å²) in [7, 11) is 0. The fourth-order valence-electron chi connectivity index (χ4n) is 2.04. The molecule has 2 fully saturated rings. The molecule has 14 heavy (non-hydrogen) atoms. The number of aliphatic hydroxyl groups is 1. The maximum absolute atomic E-state index is 11.3. The van der Waals surface area contributed by atoms with Crippen molar-refractivity contribution in [2.24, 2.45) is 5.41 Å². The molecule has 0 unspecified atom stereocenters. The van der Waals surface area contributed by atoms with E-state index in [1.165, 1.54) is 4.90 Å². The van der Waals surface area contributed by atoms with Gasteiger partial charge in [0, 0.05) is 26.0 Å². The molecule has 1 heterocycles. The summed E-state index contributed by atoms with van der Waals surface area (Å²) >= 11 is 0. The summed E-state index contributed by atoms with van der Waals surface area (Å²) < 4.78 is 0. The van der Waals surface area contributed by atoms with Crippen LogP contribution in [0.4, 0.5) is 0 Å². The highest BCUT2D eigenvalue weighted by Crippen LogP contribution is 2.49. The fourth-order valence-corrected chi connectivity index (χ4v) is 2.04. The van der Waals surface area contributed by atoms with E-state index in [1.807, 2.05) is 0 Å². The van der Waals surface area contributed by atoms with Gasteiger partial charge in [-0.15, -0.1) is 0 Å². The Morgan fingerprint density at radius 3 is 2.21 bits per heavy atom. The van der Waals surface area contributed by atoms with E-state index in [9.17, 15) is 9.59 Å². The molecule has 78 valence electrons. The van der Waals surface area contributed by atoms with Gasteiger partial charge in [-0.25, -0.2) is 0 Å². The molecule has 1 saturated heterocycles. The molecule has 0 spiro atoms. The number of carbonyl (C=O) groups excluding carboxylic acids is 2. The Bertz CT molecular complexity index is 255. The minimum atomic E-state index is -0.0424. The molecule has 0 aromatic carbocycles. The predicted octanol–water partition coefficient (Wildman–Crippen LogP) is 0.298. The van der Waals surface area contributed by atoms with Gasteiger partial charge >= 0.3 is 0 Å². The summed E-state index contributed by atoms with van der Waals surface area (Å²) in [4.78, 5) is 24.1. The number of hydrogen-bond acceptors (Lipinski definition) is 3. The van der Waals surface area contributed by atoms with E-state index in [2.05, 4.69) is 0 Å². The minimum absolute atomic E-state index is 0.0424. The Balaban J connectivity index is 1.96. The van der Waals surface area contributed by atoms with Gasteiger partial charge in [0.05, 0.1) is 0 Å². The first-order valence-electron chi connectivity index (χ1n) is 5.11. The molecule has 4 heteroatoms. The van der Waals surface area contributed by atoms with Gasteiger partial charge < -0.3 is 5.11 Å². The van der Waals surface area contributed by atoms with E-state index in [0.717, 1.165) is 12.8 Å². The quantitative estimate of drug-likeness (QED) is 0.659. The SMILES string of the molecule is O=C1CCC(=O)N1CC1(CCO)CC1. The molecule has 0 aromatic rings. The number of nitrogens with zero attached hydrogens (tertiary/aromatic N) is 1. The van der Waals surface area contributed by atoms with Crippen molar-refractivity contribution in [3.8, 4) is 0 Å². The van der Waals surface area contributed by atoms with Crippen LogP contribution in [0.2, 0.25) is 0 Å². The highest BCUT2D eigenvalue weighted by molar-refractivity contribution is 6.01. The van der Waals surface area contributed by atoms with Crippen molar-refractivity contribution >= 4 is 11.8 Å². The van der Waals surface area contributed by atoms with Crippen LogP contribution in [0.3, 0.4) is 0 Å². The van der Waals surface area contributed by atoms with Crippen molar-refractivity contribution in [3.63, 3.8) is 0 Å². The average molecular weight is 197 g/mol. The van der Waals surface area contributed by atoms with Gasteiger partial charge in [-0.05, 0) is 24.7 Å². The summed E-state index contributed by atoms with van der Waals surface area (Å²) in [6.45, 7) is 0.682. The van der Waals surface area contributed by atoms with E-state index < -0.39 is 0 Å². The van der Waals surface area contributed by atoms with E-state index in [-0.39, 0.29) is 23.8 Å². The van der Waals surface area contributed by atoms with Gasteiger partial charge in [0.2, 0.25) is 11.8 Å². The maximum atomic E-state index is 11.3. The fraction of sp³-hybridized carbons (Fsp3) is 0.800. The summed E-state index contributed by atoms with van der Waals surface area (Å²) in [6, 6.07) is 0. The van der Waals surface area contributed by atoms with Crippen LogP contribution in [-0.2, 0) is 9.59 Å². The van der Waals surface area contributed by atoms with Gasteiger partial charge in [-0.1, -0.05) is 0 Å². The second-order valence-corrected chi connectivity index (χ2v) is 4.35. The maximum Gasteiger partial charge on any atom is 0.229 e. The lowest BCUT2D eigenvalue weighted by Gasteiger charge is -2.20. The number of amides is 2. The van der Waals surface area contributed by atoms with Crippen molar-refractivity contribution in [3.05, 3.63) is 0 Å². The van der Waals surface area contributed by atoms with Crippen LogP contribution < -0.4 is 0 Å². The van der Waals surface area contributed by atoms with Gasteiger partial charge in [0.1, 0.15) is 0 Å². The number of carbonyl (C=O) groups is 2. The largest absolute Gasteiger partial charge is 0.396 e. The number of rotatable bonds is 4. The number of aliphatic hydroxyl groups excluding tert-OH is 1. The normalized spacial score (nSPS) is 24.5. The van der Waals surface area contributed by atoms with Crippen LogP contribution in [-0.4, -0.2) is 35.0 Å². The molecule has 2 rings (SSSR count). The van der Waals surface area contributed by atoms with Crippen LogP contribution in [0.1, 0.15) is 32.1 Å². The second-order valence-electron chi connectivity index (χ2n) is 4.35. The molecule has 1 aliphatic heterocycles. The van der Waals surface area contributed by atoms with E-state index >= 15 is 0 Å².